The van der Waals surface area contributed by atoms with Crippen molar-refractivity contribution in [3.05, 3.63) is 35.4 Å². The van der Waals surface area contributed by atoms with E-state index in [1.807, 2.05) is 45.0 Å². The van der Waals surface area contributed by atoms with E-state index in [1.165, 1.54) is 19.4 Å². The van der Waals surface area contributed by atoms with E-state index >= 15 is 0 Å². The van der Waals surface area contributed by atoms with Crippen LogP contribution in [-0.2, 0) is 0 Å². The first-order valence-corrected chi connectivity index (χ1v) is 7.72. The Kier molecular flexibility index (Phi) is 7.31. The first kappa shape index (κ1) is 16.7. The highest BCUT2D eigenvalue weighted by atomic mass is 16.1. The molecule has 1 unspecified atom stereocenters. The Hall–Kier alpha value is -1.35. The minimum atomic E-state index is 0.0411. The lowest BCUT2D eigenvalue weighted by Crippen LogP contribution is -2.31. The van der Waals surface area contributed by atoms with Gasteiger partial charge in [-0.25, -0.2) is 0 Å². The van der Waals surface area contributed by atoms with Gasteiger partial charge in [-0.3, -0.25) is 4.79 Å². The number of hydrogen-bond acceptors (Lipinski definition) is 2. The maximum Gasteiger partial charge on any atom is 0.251 e. The molecule has 0 radical (unpaired) electrons. The third-order valence-corrected chi connectivity index (χ3v) is 3.71. The van der Waals surface area contributed by atoms with Gasteiger partial charge in [0, 0.05) is 18.2 Å². The molecule has 0 aromatic heterocycles. The number of rotatable bonds is 4. The van der Waals surface area contributed by atoms with Crippen molar-refractivity contribution in [2.45, 2.75) is 46.1 Å². The van der Waals surface area contributed by atoms with E-state index in [0.717, 1.165) is 24.1 Å². The number of benzene rings is 1. The van der Waals surface area contributed by atoms with Gasteiger partial charge in [-0.05, 0) is 51.9 Å². The fraction of sp³-hybridized carbons (Fsp3) is 0.588. The van der Waals surface area contributed by atoms with Gasteiger partial charge in [0.15, 0.2) is 0 Å². The Labute approximate surface area is 123 Å². The van der Waals surface area contributed by atoms with Crippen molar-refractivity contribution in [1.82, 2.24) is 10.2 Å². The molecule has 0 spiro atoms. The lowest BCUT2D eigenvalue weighted by molar-refractivity contribution is 0.0950. The molecule has 0 saturated carbocycles. The summed E-state index contributed by atoms with van der Waals surface area (Å²) in [6.45, 7) is 7.96. The Morgan fingerprint density at radius 2 is 2.15 bits per heavy atom. The molecule has 20 heavy (non-hydrogen) atoms. The number of nitrogens with zero attached hydrogens (tertiary/aromatic N) is 1. The van der Waals surface area contributed by atoms with Crippen molar-refractivity contribution in [3.63, 3.8) is 0 Å². The van der Waals surface area contributed by atoms with Crippen LogP contribution in [0.5, 0.6) is 0 Å². The zero-order valence-electron chi connectivity index (χ0n) is 13.3. The fourth-order valence-corrected chi connectivity index (χ4v) is 2.58. The van der Waals surface area contributed by atoms with Crippen LogP contribution in [-0.4, -0.2) is 37.0 Å². The largest absolute Gasteiger partial charge is 0.352 e. The number of carbonyl (C=O) groups is 1. The summed E-state index contributed by atoms with van der Waals surface area (Å²) in [7, 11) is 2.17. The summed E-state index contributed by atoms with van der Waals surface area (Å²) in [4.78, 5) is 14.3. The first-order chi connectivity index (χ1) is 9.66. The molecule has 0 bridgehead atoms. The number of hydrogen-bond donors (Lipinski definition) is 1. The molecule has 1 atom stereocenters. The summed E-state index contributed by atoms with van der Waals surface area (Å²) in [5, 5.41) is 3.01. The molecule has 3 heteroatoms. The molecule has 1 saturated heterocycles. The first-order valence-electron chi connectivity index (χ1n) is 7.72. The molecule has 1 N–H and O–H groups in total. The van der Waals surface area contributed by atoms with Gasteiger partial charge in [-0.2, -0.15) is 0 Å². The highest BCUT2D eigenvalue weighted by Crippen LogP contribution is 2.17. The van der Waals surface area contributed by atoms with E-state index < -0.39 is 0 Å². The van der Waals surface area contributed by atoms with Gasteiger partial charge in [0.05, 0.1) is 0 Å². The molecular formula is C17H28N2O. The highest BCUT2D eigenvalue weighted by Gasteiger charge is 2.20. The van der Waals surface area contributed by atoms with E-state index in [4.69, 9.17) is 0 Å². The maximum absolute atomic E-state index is 11.9. The standard InChI is InChI=1S/C15H22N2O.C2H6/c1-12-5-3-6-13(11-12)15(18)16-9-8-14-7-4-10-17(14)2;1-2/h3,5-6,11,14H,4,7-10H2,1-2H3,(H,16,18);1-2H3. The predicted molar refractivity (Wildman–Crippen MR) is 85.1 cm³/mol. The quantitative estimate of drug-likeness (QED) is 0.915. The van der Waals surface area contributed by atoms with Crippen LogP contribution in [0, 0.1) is 6.92 Å². The normalized spacial score (nSPS) is 18.3. The number of likely N-dealkylation sites (tertiary alicyclic amines) is 1. The molecule has 1 amide bonds. The SMILES string of the molecule is CC.Cc1cccc(C(=O)NCCC2CCCN2C)c1. The van der Waals surface area contributed by atoms with Crippen molar-refractivity contribution in [2.24, 2.45) is 0 Å². The molecule has 1 aromatic carbocycles. The van der Waals surface area contributed by atoms with Gasteiger partial charge >= 0.3 is 0 Å². The average Bonchev–Trinajstić information content (AvgIpc) is 2.86. The third kappa shape index (κ3) is 4.97. The van der Waals surface area contributed by atoms with Gasteiger partial charge in [-0.1, -0.05) is 31.5 Å². The van der Waals surface area contributed by atoms with Gasteiger partial charge in [0.1, 0.15) is 0 Å². The molecule has 1 aliphatic rings. The number of aryl methyl sites for hydroxylation is 1. The maximum atomic E-state index is 11.9. The van der Waals surface area contributed by atoms with Gasteiger partial charge < -0.3 is 10.2 Å². The molecule has 0 aliphatic carbocycles. The number of amides is 1. The lowest BCUT2D eigenvalue weighted by atomic mass is 10.1. The van der Waals surface area contributed by atoms with Crippen LogP contribution >= 0.6 is 0 Å². The molecule has 1 fully saturated rings. The smallest absolute Gasteiger partial charge is 0.251 e. The molecule has 1 aliphatic heterocycles. The molecule has 3 nitrogen and oxygen atoms in total. The van der Waals surface area contributed by atoms with Crippen LogP contribution in [0.2, 0.25) is 0 Å². The second-order valence-corrected chi connectivity index (χ2v) is 5.19. The van der Waals surface area contributed by atoms with Crippen LogP contribution in [0.1, 0.15) is 49.0 Å². The van der Waals surface area contributed by atoms with E-state index in [1.54, 1.807) is 0 Å². The molecule has 112 valence electrons. The van der Waals surface area contributed by atoms with Crippen molar-refractivity contribution >= 4 is 5.91 Å². The summed E-state index contributed by atoms with van der Waals surface area (Å²) in [5.74, 6) is 0.0411. The zero-order chi connectivity index (χ0) is 15.0. The van der Waals surface area contributed by atoms with Gasteiger partial charge in [0.25, 0.3) is 5.91 Å². The Morgan fingerprint density at radius 1 is 1.40 bits per heavy atom. The second kappa shape index (κ2) is 8.75. The van der Waals surface area contributed by atoms with Crippen molar-refractivity contribution in [3.8, 4) is 0 Å². The van der Waals surface area contributed by atoms with Crippen molar-refractivity contribution in [1.29, 1.82) is 0 Å². The topological polar surface area (TPSA) is 32.3 Å². The molecule has 1 aromatic rings. The summed E-state index contributed by atoms with van der Waals surface area (Å²) in [6, 6.07) is 8.36. The third-order valence-electron chi connectivity index (χ3n) is 3.71. The Bertz CT molecular complexity index is 417. The van der Waals surface area contributed by atoms with E-state index in [2.05, 4.69) is 17.3 Å². The van der Waals surface area contributed by atoms with Gasteiger partial charge in [0.2, 0.25) is 0 Å². The van der Waals surface area contributed by atoms with E-state index in [0.29, 0.717) is 6.04 Å². The van der Waals surface area contributed by atoms with E-state index in [-0.39, 0.29) is 5.91 Å². The Balaban J connectivity index is 0.000000956. The minimum absolute atomic E-state index is 0.0411. The highest BCUT2D eigenvalue weighted by molar-refractivity contribution is 5.94. The number of nitrogens with one attached hydrogen (secondary N) is 1. The van der Waals surface area contributed by atoms with Crippen LogP contribution in [0.3, 0.4) is 0 Å². The summed E-state index contributed by atoms with van der Waals surface area (Å²) in [5.41, 5.74) is 1.88. The molecule has 2 rings (SSSR count). The van der Waals surface area contributed by atoms with Gasteiger partial charge in [-0.15, -0.1) is 0 Å². The van der Waals surface area contributed by atoms with Crippen molar-refractivity contribution in [2.75, 3.05) is 20.1 Å². The monoisotopic (exact) mass is 276 g/mol. The summed E-state index contributed by atoms with van der Waals surface area (Å²) >= 11 is 0. The van der Waals surface area contributed by atoms with Crippen LogP contribution < -0.4 is 5.32 Å². The second-order valence-electron chi connectivity index (χ2n) is 5.19. The summed E-state index contributed by atoms with van der Waals surface area (Å²) in [6.07, 6.45) is 3.60. The lowest BCUT2D eigenvalue weighted by Gasteiger charge is -2.19. The predicted octanol–water partition coefficient (Wildman–Crippen LogP) is 3.24. The van der Waals surface area contributed by atoms with E-state index in [9.17, 15) is 4.79 Å². The Morgan fingerprint density at radius 3 is 2.75 bits per heavy atom. The van der Waals surface area contributed by atoms with Crippen LogP contribution in [0.15, 0.2) is 24.3 Å². The average molecular weight is 276 g/mol. The van der Waals surface area contributed by atoms with Crippen molar-refractivity contribution < 1.29 is 4.79 Å². The molecular weight excluding hydrogens is 248 g/mol. The van der Waals surface area contributed by atoms with Crippen LogP contribution in [0.4, 0.5) is 0 Å². The minimum Gasteiger partial charge on any atom is -0.352 e. The fourth-order valence-electron chi connectivity index (χ4n) is 2.58. The van der Waals surface area contributed by atoms with Crippen LogP contribution in [0.25, 0.3) is 0 Å². The molecule has 1 heterocycles. The zero-order valence-corrected chi connectivity index (χ0v) is 13.3. The summed E-state index contributed by atoms with van der Waals surface area (Å²) < 4.78 is 0. The number of carbonyl (C=O) groups excluding carboxylic acids is 1.